The minimum Gasteiger partial charge on any atom is -0.458 e. The normalized spacial score (nSPS) is 15.4. The molecule has 1 saturated carbocycles. The summed E-state index contributed by atoms with van der Waals surface area (Å²) in [6, 6.07) is 0.229. The van der Waals surface area contributed by atoms with Crippen LogP contribution in [-0.2, 0) is 16.1 Å². The third-order valence-electron chi connectivity index (χ3n) is 3.32. The van der Waals surface area contributed by atoms with Crippen LogP contribution in [0.3, 0.4) is 0 Å². The van der Waals surface area contributed by atoms with Gasteiger partial charge in [-0.05, 0) is 26.7 Å². The van der Waals surface area contributed by atoms with Crippen molar-refractivity contribution in [1.29, 1.82) is 0 Å². The molecule has 8 heteroatoms. The van der Waals surface area contributed by atoms with Crippen molar-refractivity contribution < 1.29 is 14.3 Å². The maximum absolute atomic E-state index is 11.9. The van der Waals surface area contributed by atoms with Crippen LogP contribution in [0.4, 0.5) is 5.82 Å². The molecular weight excluding hydrogens is 274 g/mol. The fraction of sp³-hybridized carbons (Fsp3) is 0.692. The van der Waals surface area contributed by atoms with Crippen molar-refractivity contribution in [3.8, 4) is 0 Å². The average Bonchev–Trinajstić information content (AvgIpc) is 3.00. The summed E-state index contributed by atoms with van der Waals surface area (Å²) in [5.41, 5.74) is 5.74. The van der Waals surface area contributed by atoms with Crippen molar-refractivity contribution in [1.82, 2.24) is 20.3 Å². The standard InChI is InChI=1S/C13H21N5O3/c1-8(2)21-13(20)11-12(14)18(17-16-11)7-10(19)15-9-5-3-4-6-9/h8-9H,3-7,14H2,1-2H3,(H,15,19). The Kier molecular flexibility index (Phi) is 4.77. The first-order valence-electron chi connectivity index (χ1n) is 7.16. The van der Waals surface area contributed by atoms with Crippen LogP contribution in [0.15, 0.2) is 0 Å². The fourth-order valence-electron chi connectivity index (χ4n) is 2.33. The van der Waals surface area contributed by atoms with Gasteiger partial charge in [-0.15, -0.1) is 5.10 Å². The Morgan fingerprint density at radius 1 is 1.43 bits per heavy atom. The smallest absolute Gasteiger partial charge is 0.363 e. The van der Waals surface area contributed by atoms with Crippen molar-refractivity contribution in [3.63, 3.8) is 0 Å². The largest absolute Gasteiger partial charge is 0.458 e. The summed E-state index contributed by atoms with van der Waals surface area (Å²) in [5.74, 6) is -0.769. The quantitative estimate of drug-likeness (QED) is 0.764. The lowest BCUT2D eigenvalue weighted by Gasteiger charge is -2.12. The van der Waals surface area contributed by atoms with Gasteiger partial charge in [0.2, 0.25) is 11.6 Å². The van der Waals surface area contributed by atoms with Gasteiger partial charge in [-0.2, -0.15) is 0 Å². The topological polar surface area (TPSA) is 112 Å². The predicted molar refractivity (Wildman–Crippen MR) is 75.4 cm³/mol. The molecule has 1 aromatic rings. The molecule has 0 unspecified atom stereocenters. The summed E-state index contributed by atoms with van der Waals surface area (Å²) >= 11 is 0. The number of amides is 1. The maximum atomic E-state index is 11.9. The number of aromatic nitrogens is 3. The number of carbonyl (C=O) groups is 2. The van der Waals surface area contributed by atoms with Gasteiger partial charge in [0.05, 0.1) is 6.10 Å². The molecule has 0 aromatic carbocycles. The number of carbonyl (C=O) groups excluding carboxylic acids is 2. The number of nitrogens with zero attached hydrogens (tertiary/aromatic N) is 3. The van der Waals surface area contributed by atoms with Crippen LogP contribution in [0.5, 0.6) is 0 Å². The number of nitrogens with one attached hydrogen (secondary N) is 1. The zero-order valence-electron chi connectivity index (χ0n) is 12.3. The van der Waals surface area contributed by atoms with Crippen LogP contribution in [-0.4, -0.2) is 39.0 Å². The Balaban J connectivity index is 1.96. The maximum Gasteiger partial charge on any atom is 0.363 e. The first-order valence-corrected chi connectivity index (χ1v) is 7.16. The molecule has 1 aromatic heterocycles. The lowest BCUT2D eigenvalue weighted by Crippen LogP contribution is -2.35. The van der Waals surface area contributed by atoms with E-state index in [1.165, 1.54) is 4.68 Å². The third kappa shape index (κ3) is 3.93. The van der Waals surface area contributed by atoms with E-state index in [9.17, 15) is 9.59 Å². The molecule has 1 aliphatic carbocycles. The van der Waals surface area contributed by atoms with Crippen LogP contribution in [0.1, 0.15) is 50.0 Å². The van der Waals surface area contributed by atoms with Gasteiger partial charge in [-0.25, -0.2) is 9.48 Å². The fourth-order valence-corrected chi connectivity index (χ4v) is 2.33. The Morgan fingerprint density at radius 3 is 2.71 bits per heavy atom. The highest BCUT2D eigenvalue weighted by Gasteiger charge is 2.22. The van der Waals surface area contributed by atoms with Gasteiger partial charge in [-0.3, -0.25) is 4.79 Å². The second-order valence-electron chi connectivity index (χ2n) is 5.48. The van der Waals surface area contributed by atoms with Crippen molar-refractivity contribution >= 4 is 17.7 Å². The van der Waals surface area contributed by atoms with E-state index in [0.29, 0.717) is 0 Å². The summed E-state index contributed by atoms with van der Waals surface area (Å²) < 4.78 is 6.22. The van der Waals surface area contributed by atoms with Gasteiger partial charge in [0, 0.05) is 6.04 Å². The van der Waals surface area contributed by atoms with Crippen LogP contribution >= 0.6 is 0 Å². The number of rotatable bonds is 5. The van der Waals surface area contributed by atoms with Gasteiger partial charge >= 0.3 is 5.97 Å². The van der Waals surface area contributed by atoms with E-state index in [0.717, 1.165) is 25.7 Å². The summed E-state index contributed by atoms with van der Waals surface area (Å²) in [7, 11) is 0. The highest BCUT2D eigenvalue weighted by Crippen LogP contribution is 2.17. The molecule has 1 aliphatic rings. The molecule has 1 fully saturated rings. The minimum absolute atomic E-state index is 0.0437. The van der Waals surface area contributed by atoms with Crippen molar-refractivity contribution in [3.05, 3.63) is 5.69 Å². The molecule has 0 aliphatic heterocycles. The summed E-state index contributed by atoms with van der Waals surface area (Å²) in [4.78, 5) is 23.6. The summed E-state index contributed by atoms with van der Waals surface area (Å²) in [6.07, 6.45) is 4.02. The summed E-state index contributed by atoms with van der Waals surface area (Å²) in [5, 5.41) is 10.4. The lowest BCUT2D eigenvalue weighted by molar-refractivity contribution is -0.122. The Morgan fingerprint density at radius 2 is 2.10 bits per heavy atom. The van der Waals surface area contributed by atoms with E-state index >= 15 is 0 Å². The van der Waals surface area contributed by atoms with Crippen LogP contribution in [0.2, 0.25) is 0 Å². The van der Waals surface area contributed by atoms with Crippen LogP contribution in [0.25, 0.3) is 0 Å². The molecule has 0 saturated heterocycles. The Hall–Kier alpha value is -2.12. The van der Waals surface area contributed by atoms with E-state index in [4.69, 9.17) is 10.5 Å². The molecule has 0 bridgehead atoms. The monoisotopic (exact) mass is 295 g/mol. The SMILES string of the molecule is CC(C)OC(=O)c1nnn(CC(=O)NC2CCCC2)c1N. The van der Waals surface area contributed by atoms with E-state index in [-0.39, 0.29) is 36.1 Å². The molecule has 1 heterocycles. The van der Waals surface area contributed by atoms with Crippen molar-refractivity contribution in [2.24, 2.45) is 0 Å². The molecule has 0 atom stereocenters. The van der Waals surface area contributed by atoms with Gasteiger partial charge in [0.25, 0.3) is 0 Å². The molecule has 1 amide bonds. The molecule has 116 valence electrons. The number of esters is 1. The number of nitrogens with two attached hydrogens (primary N) is 1. The molecule has 0 radical (unpaired) electrons. The number of hydrogen-bond donors (Lipinski definition) is 2. The van der Waals surface area contributed by atoms with Gasteiger partial charge in [-0.1, -0.05) is 18.1 Å². The van der Waals surface area contributed by atoms with Gasteiger partial charge in [0.1, 0.15) is 6.54 Å². The Labute approximate surface area is 123 Å². The zero-order valence-corrected chi connectivity index (χ0v) is 12.3. The first-order chi connectivity index (χ1) is 9.97. The van der Waals surface area contributed by atoms with Crippen molar-refractivity contribution in [2.75, 3.05) is 5.73 Å². The Bertz CT molecular complexity index is 520. The van der Waals surface area contributed by atoms with E-state index in [1.54, 1.807) is 13.8 Å². The van der Waals surface area contributed by atoms with E-state index in [2.05, 4.69) is 15.6 Å². The first kappa shape index (κ1) is 15.3. The average molecular weight is 295 g/mol. The highest BCUT2D eigenvalue weighted by atomic mass is 16.5. The molecular formula is C13H21N5O3. The molecule has 3 N–H and O–H groups in total. The van der Waals surface area contributed by atoms with E-state index < -0.39 is 5.97 Å². The second kappa shape index (κ2) is 6.55. The van der Waals surface area contributed by atoms with Gasteiger partial charge in [0.15, 0.2) is 5.82 Å². The highest BCUT2D eigenvalue weighted by molar-refractivity contribution is 5.92. The number of anilines is 1. The second-order valence-corrected chi connectivity index (χ2v) is 5.48. The van der Waals surface area contributed by atoms with Crippen LogP contribution < -0.4 is 11.1 Å². The molecule has 8 nitrogen and oxygen atoms in total. The zero-order chi connectivity index (χ0) is 15.4. The van der Waals surface area contributed by atoms with Crippen molar-refractivity contribution in [2.45, 2.75) is 58.2 Å². The summed E-state index contributed by atoms with van der Waals surface area (Å²) in [6.45, 7) is 3.41. The number of ether oxygens (including phenoxy) is 1. The van der Waals surface area contributed by atoms with Gasteiger partial charge < -0.3 is 15.8 Å². The molecule has 0 spiro atoms. The minimum atomic E-state index is -0.634. The third-order valence-corrected chi connectivity index (χ3v) is 3.32. The van der Waals surface area contributed by atoms with E-state index in [1.807, 2.05) is 0 Å². The molecule has 2 rings (SSSR count). The number of nitrogen functional groups attached to an aromatic ring is 1. The number of hydrogen-bond acceptors (Lipinski definition) is 6. The van der Waals surface area contributed by atoms with Crippen LogP contribution in [0, 0.1) is 0 Å². The lowest BCUT2D eigenvalue weighted by atomic mass is 10.2. The predicted octanol–water partition coefficient (Wildman–Crippen LogP) is 0.484. The molecule has 21 heavy (non-hydrogen) atoms.